The number of nitro benzene ring substituents is 1. The fourth-order valence-corrected chi connectivity index (χ4v) is 1.94. The monoisotopic (exact) mass is 329 g/mol. The predicted molar refractivity (Wildman–Crippen MR) is 89.0 cm³/mol. The van der Waals surface area contributed by atoms with Gasteiger partial charge in [0.15, 0.2) is 5.78 Å². The quantitative estimate of drug-likeness (QED) is 0.239. The van der Waals surface area contributed by atoms with Gasteiger partial charge in [0, 0.05) is 24.1 Å². The Morgan fingerprint density at radius 2 is 1.79 bits per heavy atom. The molecule has 5 nitrogen and oxygen atoms in total. The van der Waals surface area contributed by atoms with Crippen molar-refractivity contribution in [1.82, 2.24) is 0 Å². The smallest absolute Gasteiger partial charge is 0.269 e. The molecule has 0 aliphatic carbocycles. The number of carbonyl (C=O) groups excluding carboxylic acids is 1. The lowest BCUT2D eigenvalue weighted by Crippen LogP contribution is -1.97. The first-order valence-corrected chi connectivity index (χ1v) is 7.36. The molecule has 0 aliphatic rings. The Hall–Kier alpha value is -3.02. The summed E-state index contributed by atoms with van der Waals surface area (Å²) in [7, 11) is 0. The van der Waals surface area contributed by atoms with E-state index in [0.717, 1.165) is 5.56 Å². The van der Waals surface area contributed by atoms with E-state index in [2.05, 4.69) is 0 Å². The number of non-ortho nitro benzene ring substituents is 1. The summed E-state index contributed by atoms with van der Waals surface area (Å²) in [5, 5.41) is 10.6. The normalized spacial score (nSPS) is 10.7. The summed E-state index contributed by atoms with van der Waals surface area (Å²) in [6.45, 7) is -0.0874. The molecule has 0 atom stereocenters. The van der Waals surface area contributed by atoms with Crippen molar-refractivity contribution in [3.8, 4) is 5.75 Å². The van der Waals surface area contributed by atoms with E-state index in [-0.39, 0.29) is 11.5 Å². The molecule has 0 radical (unpaired) electrons. The summed E-state index contributed by atoms with van der Waals surface area (Å²) in [5.74, 6) is 0.399. The summed E-state index contributed by atoms with van der Waals surface area (Å²) in [6.07, 6.45) is 3.40. The van der Waals surface area contributed by atoms with Gasteiger partial charge in [-0.3, -0.25) is 19.3 Å². The maximum absolute atomic E-state index is 12.0. The van der Waals surface area contributed by atoms with Crippen molar-refractivity contribution < 1.29 is 18.8 Å². The van der Waals surface area contributed by atoms with E-state index in [1.54, 1.807) is 30.3 Å². The third-order valence-corrected chi connectivity index (χ3v) is 3.22. The Balaban J connectivity index is 1.96. The number of ketones is 1. The van der Waals surface area contributed by atoms with Crippen LogP contribution in [-0.4, -0.2) is 24.0 Å². The number of hydrogen-bond acceptors (Lipinski definition) is 4. The van der Waals surface area contributed by atoms with Crippen molar-refractivity contribution in [3.63, 3.8) is 0 Å². The highest BCUT2D eigenvalue weighted by atomic mass is 19.1. The Morgan fingerprint density at radius 3 is 2.38 bits per heavy atom. The van der Waals surface area contributed by atoms with E-state index in [4.69, 9.17) is 4.74 Å². The molecular formula is C18H16FNO4. The van der Waals surface area contributed by atoms with Gasteiger partial charge in [0.25, 0.3) is 5.69 Å². The van der Waals surface area contributed by atoms with Crippen molar-refractivity contribution >= 4 is 17.5 Å². The molecule has 2 aromatic carbocycles. The molecule has 0 N–H and O–H groups in total. The zero-order valence-corrected chi connectivity index (χ0v) is 12.9. The van der Waals surface area contributed by atoms with E-state index >= 15 is 0 Å². The maximum Gasteiger partial charge on any atom is 0.269 e. The molecule has 0 fully saturated rings. The highest BCUT2D eigenvalue weighted by Gasteiger charge is 2.07. The van der Waals surface area contributed by atoms with Crippen LogP contribution in [0, 0.1) is 10.1 Å². The van der Waals surface area contributed by atoms with Crippen LogP contribution in [0.2, 0.25) is 0 Å². The van der Waals surface area contributed by atoms with Crippen LogP contribution >= 0.6 is 0 Å². The Kier molecular flexibility index (Phi) is 6.19. The van der Waals surface area contributed by atoms with Crippen LogP contribution in [0.15, 0.2) is 54.6 Å². The molecule has 0 bridgehead atoms. The molecule has 0 unspecified atom stereocenters. The number of carbonyl (C=O) groups is 1. The lowest BCUT2D eigenvalue weighted by Gasteiger charge is -2.04. The van der Waals surface area contributed by atoms with Gasteiger partial charge in [-0.25, -0.2) is 0 Å². The number of halogens is 1. The third-order valence-electron chi connectivity index (χ3n) is 3.22. The first-order chi connectivity index (χ1) is 11.6. The van der Waals surface area contributed by atoms with Crippen LogP contribution in [0.1, 0.15) is 22.3 Å². The van der Waals surface area contributed by atoms with Crippen LogP contribution in [-0.2, 0) is 0 Å². The van der Waals surface area contributed by atoms with Gasteiger partial charge in [-0.2, -0.15) is 0 Å². The molecule has 0 amide bonds. The van der Waals surface area contributed by atoms with Gasteiger partial charge in [0.2, 0.25) is 0 Å². The van der Waals surface area contributed by atoms with E-state index in [1.807, 2.05) is 0 Å². The Labute approximate surface area is 138 Å². The number of rotatable bonds is 8. The first kappa shape index (κ1) is 17.3. The minimum Gasteiger partial charge on any atom is -0.493 e. The second kappa shape index (κ2) is 8.57. The second-order valence-corrected chi connectivity index (χ2v) is 4.96. The lowest BCUT2D eigenvalue weighted by molar-refractivity contribution is -0.384. The van der Waals surface area contributed by atoms with Crippen molar-refractivity contribution in [1.29, 1.82) is 0 Å². The molecule has 0 saturated heterocycles. The number of benzene rings is 2. The molecule has 2 aromatic rings. The number of nitro groups is 1. The van der Waals surface area contributed by atoms with E-state index < -0.39 is 11.6 Å². The molecule has 0 saturated carbocycles. The SMILES string of the molecule is O=C(/C=C/c1ccc(OCCCF)cc1)c1ccc([N+](=O)[O-])cc1. The fourth-order valence-electron chi connectivity index (χ4n) is 1.94. The van der Waals surface area contributed by atoms with Gasteiger partial charge >= 0.3 is 0 Å². The zero-order chi connectivity index (χ0) is 17.4. The van der Waals surface area contributed by atoms with Crippen LogP contribution < -0.4 is 4.74 Å². The molecule has 0 aromatic heterocycles. The molecule has 2 rings (SSSR count). The van der Waals surface area contributed by atoms with Gasteiger partial charge < -0.3 is 4.74 Å². The number of nitrogens with zero attached hydrogens (tertiary/aromatic N) is 1. The van der Waals surface area contributed by atoms with Crippen LogP contribution in [0.4, 0.5) is 10.1 Å². The van der Waals surface area contributed by atoms with Gasteiger partial charge in [0.05, 0.1) is 18.2 Å². The van der Waals surface area contributed by atoms with Crippen molar-refractivity contribution in [2.24, 2.45) is 0 Å². The van der Waals surface area contributed by atoms with E-state index in [1.165, 1.54) is 30.3 Å². The van der Waals surface area contributed by atoms with Crippen LogP contribution in [0.25, 0.3) is 6.08 Å². The molecule has 0 aliphatic heterocycles. The number of allylic oxidation sites excluding steroid dienone is 1. The van der Waals surface area contributed by atoms with Gasteiger partial charge in [-0.1, -0.05) is 18.2 Å². The number of hydrogen-bond donors (Lipinski definition) is 0. The molecule has 0 heterocycles. The van der Waals surface area contributed by atoms with Crippen molar-refractivity contribution in [2.75, 3.05) is 13.3 Å². The number of alkyl halides is 1. The summed E-state index contributed by atoms with van der Waals surface area (Å²) in [5.41, 5.74) is 1.13. The summed E-state index contributed by atoms with van der Waals surface area (Å²) in [4.78, 5) is 22.1. The predicted octanol–water partition coefficient (Wildman–Crippen LogP) is 4.23. The van der Waals surface area contributed by atoms with Gasteiger partial charge in [-0.15, -0.1) is 0 Å². The highest BCUT2D eigenvalue weighted by Crippen LogP contribution is 2.15. The second-order valence-electron chi connectivity index (χ2n) is 4.96. The summed E-state index contributed by atoms with van der Waals surface area (Å²) >= 11 is 0. The Morgan fingerprint density at radius 1 is 1.12 bits per heavy atom. The van der Waals surface area contributed by atoms with E-state index in [9.17, 15) is 19.3 Å². The van der Waals surface area contributed by atoms with Crippen LogP contribution in [0.3, 0.4) is 0 Å². The maximum atomic E-state index is 12.0. The van der Waals surface area contributed by atoms with Crippen molar-refractivity contribution in [3.05, 3.63) is 75.8 Å². The third kappa shape index (κ3) is 5.01. The first-order valence-electron chi connectivity index (χ1n) is 7.36. The van der Waals surface area contributed by atoms with Gasteiger partial charge in [-0.05, 0) is 35.9 Å². The lowest BCUT2D eigenvalue weighted by atomic mass is 10.1. The number of ether oxygens (including phenoxy) is 1. The molecule has 6 heteroatoms. The average Bonchev–Trinajstić information content (AvgIpc) is 2.61. The molecule has 0 spiro atoms. The zero-order valence-electron chi connectivity index (χ0n) is 12.9. The highest BCUT2D eigenvalue weighted by molar-refractivity contribution is 6.06. The summed E-state index contributed by atoms with van der Waals surface area (Å²) < 4.78 is 17.3. The minimum absolute atomic E-state index is 0.0566. The summed E-state index contributed by atoms with van der Waals surface area (Å²) in [6, 6.07) is 12.5. The standard InChI is InChI=1S/C18H16FNO4/c19-12-1-13-24-17-9-2-14(3-10-17)4-11-18(21)15-5-7-16(8-6-15)20(22)23/h2-11H,1,12-13H2/b11-4+. The van der Waals surface area contributed by atoms with Gasteiger partial charge in [0.1, 0.15) is 5.75 Å². The average molecular weight is 329 g/mol. The van der Waals surface area contributed by atoms with Crippen LogP contribution in [0.5, 0.6) is 5.75 Å². The van der Waals surface area contributed by atoms with Crippen molar-refractivity contribution in [2.45, 2.75) is 6.42 Å². The fraction of sp³-hybridized carbons (Fsp3) is 0.167. The molecular weight excluding hydrogens is 313 g/mol. The Bertz CT molecular complexity index is 724. The topological polar surface area (TPSA) is 69.4 Å². The van der Waals surface area contributed by atoms with E-state index in [0.29, 0.717) is 24.3 Å². The largest absolute Gasteiger partial charge is 0.493 e. The minimum atomic E-state index is -0.513. The molecule has 124 valence electrons. The molecule has 24 heavy (non-hydrogen) atoms.